The van der Waals surface area contributed by atoms with Crippen LogP contribution >= 0.6 is 0 Å². The number of halogens is 1. The Kier molecular flexibility index (Phi) is 3.85. The second-order valence-electron chi connectivity index (χ2n) is 5.48. The van der Waals surface area contributed by atoms with Crippen molar-refractivity contribution in [2.75, 3.05) is 0 Å². The third kappa shape index (κ3) is 2.94. The number of aromatic nitrogens is 4. The van der Waals surface area contributed by atoms with Gasteiger partial charge >= 0.3 is 0 Å². The van der Waals surface area contributed by atoms with Crippen LogP contribution in [0.1, 0.15) is 6.92 Å². The fourth-order valence-electron chi connectivity index (χ4n) is 2.77. The number of hydrogen-bond donors (Lipinski definition) is 0. The predicted octanol–water partition coefficient (Wildman–Crippen LogP) is 4.44. The smallest absolute Gasteiger partial charge is 0.237 e. The van der Waals surface area contributed by atoms with Crippen LogP contribution in [0.3, 0.4) is 0 Å². The molecular weight excluding hydrogens is 319 g/mol. The molecule has 0 amide bonds. The van der Waals surface area contributed by atoms with Gasteiger partial charge in [0.2, 0.25) is 5.88 Å². The van der Waals surface area contributed by atoms with E-state index >= 15 is 0 Å². The molecule has 0 spiro atoms. The quantitative estimate of drug-likeness (QED) is 0.553. The molecule has 0 saturated carbocycles. The molecule has 2 heterocycles. The zero-order chi connectivity index (χ0) is 17.2. The maximum absolute atomic E-state index is 13.6. The van der Waals surface area contributed by atoms with Gasteiger partial charge in [0.25, 0.3) is 0 Å². The van der Waals surface area contributed by atoms with Crippen LogP contribution in [0.5, 0.6) is 11.6 Å². The summed E-state index contributed by atoms with van der Waals surface area (Å²) in [4.78, 5) is 12.7. The monoisotopic (exact) mass is 334 g/mol. The summed E-state index contributed by atoms with van der Waals surface area (Å²) in [5, 5.41) is 0. The van der Waals surface area contributed by atoms with Crippen molar-refractivity contribution in [1.29, 1.82) is 0 Å². The lowest BCUT2D eigenvalue weighted by molar-refractivity contribution is 0.460. The minimum atomic E-state index is -0.263. The summed E-state index contributed by atoms with van der Waals surface area (Å²) in [7, 11) is 0. The van der Waals surface area contributed by atoms with E-state index in [1.165, 1.54) is 12.1 Å². The van der Waals surface area contributed by atoms with E-state index in [2.05, 4.69) is 15.0 Å². The highest BCUT2D eigenvalue weighted by Gasteiger charge is 2.12. The molecule has 0 atom stereocenters. The molecule has 0 radical (unpaired) electrons. The highest BCUT2D eigenvalue weighted by atomic mass is 19.1. The molecule has 2 aromatic carbocycles. The van der Waals surface area contributed by atoms with E-state index in [0.29, 0.717) is 18.2 Å². The summed E-state index contributed by atoms with van der Waals surface area (Å²) < 4.78 is 21.2. The average Bonchev–Trinajstić information content (AvgIpc) is 3.01. The van der Waals surface area contributed by atoms with Gasteiger partial charge in [0, 0.05) is 24.5 Å². The molecular formula is C19H15FN4O. The van der Waals surface area contributed by atoms with Crippen molar-refractivity contribution >= 4 is 11.0 Å². The minimum absolute atomic E-state index is 0.263. The Morgan fingerprint density at radius 3 is 2.64 bits per heavy atom. The number of rotatable bonds is 4. The Balaban J connectivity index is 1.69. The van der Waals surface area contributed by atoms with E-state index in [1.807, 2.05) is 35.8 Å². The van der Waals surface area contributed by atoms with Gasteiger partial charge in [-0.3, -0.25) is 4.98 Å². The fraction of sp³-hybridized carbons (Fsp3) is 0.105. The Labute approximate surface area is 143 Å². The first-order chi connectivity index (χ1) is 12.2. The molecule has 5 nitrogen and oxygen atoms in total. The van der Waals surface area contributed by atoms with E-state index in [-0.39, 0.29) is 5.82 Å². The third-order valence-electron chi connectivity index (χ3n) is 3.90. The van der Waals surface area contributed by atoms with Gasteiger partial charge in [-0.2, -0.15) is 0 Å². The molecule has 0 aliphatic carbocycles. The maximum Gasteiger partial charge on any atom is 0.237 e. The molecule has 0 unspecified atom stereocenters. The number of fused-ring (bicyclic) bond motifs is 1. The molecule has 0 aliphatic heterocycles. The molecule has 6 heteroatoms. The van der Waals surface area contributed by atoms with Crippen molar-refractivity contribution in [3.05, 3.63) is 66.9 Å². The Bertz CT molecular complexity index is 1010. The Morgan fingerprint density at radius 2 is 1.92 bits per heavy atom. The van der Waals surface area contributed by atoms with Crippen LogP contribution < -0.4 is 4.74 Å². The lowest BCUT2D eigenvalue weighted by Gasteiger charge is -2.08. The summed E-state index contributed by atoms with van der Waals surface area (Å²) in [6.07, 6.45) is 4.72. The van der Waals surface area contributed by atoms with Gasteiger partial charge in [0.15, 0.2) is 0 Å². The summed E-state index contributed by atoms with van der Waals surface area (Å²) >= 11 is 0. The van der Waals surface area contributed by atoms with E-state index in [0.717, 1.165) is 22.4 Å². The van der Waals surface area contributed by atoms with Gasteiger partial charge in [0.05, 0.1) is 17.2 Å². The van der Waals surface area contributed by atoms with Crippen molar-refractivity contribution in [1.82, 2.24) is 19.5 Å². The van der Waals surface area contributed by atoms with Crippen LogP contribution in [0.2, 0.25) is 0 Å². The fourth-order valence-corrected chi connectivity index (χ4v) is 2.77. The molecule has 0 bridgehead atoms. The van der Waals surface area contributed by atoms with Crippen molar-refractivity contribution in [2.45, 2.75) is 13.5 Å². The summed E-state index contributed by atoms with van der Waals surface area (Å²) in [5.74, 6) is 1.64. The number of ether oxygens (including phenoxy) is 1. The highest BCUT2D eigenvalue weighted by molar-refractivity contribution is 5.80. The second kappa shape index (κ2) is 6.32. The van der Waals surface area contributed by atoms with Crippen LogP contribution in [-0.2, 0) is 6.54 Å². The van der Waals surface area contributed by atoms with Gasteiger partial charge in [-0.15, -0.1) is 0 Å². The van der Waals surface area contributed by atoms with Crippen molar-refractivity contribution in [2.24, 2.45) is 0 Å². The highest BCUT2D eigenvalue weighted by Crippen LogP contribution is 2.28. The molecule has 0 N–H and O–H groups in total. The zero-order valence-electron chi connectivity index (χ0n) is 13.6. The van der Waals surface area contributed by atoms with E-state index in [4.69, 9.17) is 4.74 Å². The molecule has 0 aliphatic rings. The van der Waals surface area contributed by atoms with Crippen LogP contribution in [0, 0.1) is 5.82 Å². The van der Waals surface area contributed by atoms with Crippen LogP contribution in [0.25, 0.3) is 22.4 Å². The molecule has 0 fully saturated rings. The zero-order valence-corrected chi connectivity index (χ0v) is 13.6. The van der Waals surface area contributed by atoms with Crippen LogP contribution in [0.4, 0.5) is 4.39 Å². The number of benzene rings is 2. The van der Waals surface area contributed by atoms with E-state index in [1.54, 1.807) is 24.7 Å². The number of nitrogens with zero attached hydrogens (tertiary/aromatic N) is 4. The van der Waals surface area contributed by atoms with Gasteiger partial charge in [-0.25, -0.2) is 14.4 Å². The normalized spacial score (nSPS) is 11.0. The standard InChI is InChI=1S/C19H15FN4O/c1-2-24-17-11-14(20)5-8-16(17)23-19(24)13-3-6-15(7-4-13)25-18-12-21-9-10-22-18/h3-12H,2H2,1H3. The maximum atomic E-state index is 13.6. The minimum Gasteiger partial charge on any atom is -0.438 e. The number of hydrogen-bond acceptors (Lipinski definition) is 4. The van der Waals surface area contributed by atoms with Crippen LogP contribution in [-0.4, -0.2) is 19.5 Å². The van der Waals surface area contributed by atoms with Gasteiger partial charge < -0.3 is 9.30 Å². The van der Waals surface area contributed by atoms with Crippen LogP contribution in [0.15, 0.2) is 61.1 Å². The first-order valence-electron chi connectivity index (χ1n) is 7.94. The summed E-state index contributed by atoms with van der Waals surface area (Å²) in [6, 6.07) is 12.2. The van der Waals surface area contributed by atoms with Gasteiger partial charge in [-0.05, 0) is 49.4 Å². The van der Waals surface area contributed by atoms with Crippen molar-refractivity contribution in [3.63, 3.8) is 0 Å². The summed E-state index contributed by atoms with van der Waals surface area (Å²) in [6.45, 7) is 2.72. The van der Waals surface area contributed by atoms with Crippen molar-refractivity contribution < 1.29 is 9.13 Å². The van der Waals surface area contributed by atoms with Gasteiger partial charge in [-0.1, -0.05) is 0 Å². The first kappa shape index (κ1) is 15.3. The predicted molar refractivity (Wildman–Crippen MR) is 92.9 cm³/mol. The third-order valence-corrected chi connectivity index (χ3v) is 3.90. The molecule has 4 aromatic rings. The molecule has 2 aromatic heterocycles. The molecule has 4 rings (SSSR count). The van der Waals surface area contributed by atoms with E-state index < -0.39 is 0 Å². The topological polar surface area (TPSA) is 52.8 Å². The second-order valence-corrected chi connectivity index (χ2v) is 5.48. The number of imidazole rings is 1. The first-order valence-corrected chi connectivity index (χ1v) is 7.94. The van der Waals surface area contributed by atoms with Crippen molar-refractivity contribution in [3.8, 4) is 23.0 Å². The lowest BCUT2D eigenvalue weighted by atomic mass is 10.2. The average molecular weight is 334 g/mol. The summed E-state index contributed by atoms with van der Waals surface area (Å²) in [5.41, 5.74) is 2.50. The molecule has 124 valence electrons. The Morgan fingerprint density at radius 1 is 1.08 bits per heavy atom. The SMILES string of the molecule is CCn1c(-c2ccc(Oc3cnccn3)cc2)nc2ccc(F)cc21. The van der Waals surface area contributed by atoms with E-state index in [9.17, 15) is 4.39 Å². The number of aryl methyl sites for hydroxylation is 1. The Hall–Kier alpha value is -3.28. The largest absolute Gasteiger partial charge is 0.438 e. The molecule has 0 saturated heterocycles. The lowest BCUT2D eigenvalue weighted by Crippen LogP contribution is -1.97. The molecule has 25 heavy (non-hydrogen) atoms. The van der Waals surface area contributed by atoms with Gasteiger partial charge in [0.1, 0.15) is 17.4 Å².